The summed E-state index contributed by atoms with van der Waals surface area (Å²) in [5, 5.41) is 6.30. The van der Waals surface area contributed by atoms with Gasteiger partial charge >= 0.3 is 0 Å². The van der Waals surface area contributed by atoms with Crippen LogP contribution in [0.1, 0.15) is 15.9 Å². The minimum atomic E-state index is -0.186. The average Bonchev–Trinajstić information content (AvgIpc) is 3.41. The SMILES string of the molecule is CN(C)CCc1ccc(Nc2nccc(-c3c(-c4cccc(C(=O)Nc5ccccc5)c4)nc4ccccn34)n2)cc1. The molecule has 6 aromatic rings. The molecular formula is C34H31N7O. The summed E-state index contributed by atoms with van der Waals surface area (Å²) in [6.45, 7) is 1.00. The van der Waals surface area contributed by atoms with E-state index in [1.165, 1.54) is 5.56 Å². The maximum Gasteiger partial charge on any atom is 0.255 e. The van der Waals surface area contributed by atoms with Gasteiger partial charge in [-0.15, -0.1) is 0 Å². The molecule has 8 heteroatoms. The molecule has 3 aromatic carbocycles. The van der Waals surface area contributed by atoms with Crippen molar-refractivity contribution in [2.75, 3.05) is 31.3 Å². The Balaban J connectivity index is 1.32. The van der Waals surface area contributed by atoms with Crippen LogP contribution in [-0.2, 0) is 6.42 Å². The largest absolute Gasteiger partial charge is 0.324 e. The highest BCUT2D eigenvalue weighted by molar-refractivity contribution is 6.05. The van der Waals surface area contributed by atoms with E-state index in [1.807, 2.05) is 95.5 Å². The number of fused-ring (bicyclic) bond motifs is 1. The number of anilines is 3. The smallest absolute Gasteiger partial charge is 0.255 e. The molecule has 42 heavy (non-hydrogen) atoms. The van der Waals surface area contributed by atoms with E-state index in [-0.39, 0.29) is 5.91 Å². The molecule has 208 valence electrons. The third kappa shape index (κ3) is 6.04. The molecule has 0 fully saturated rings. The van der Waals surface area contributed by atoms with Gasteiger partial charge in [0, 0.05) is 41.4 Å². The molecular weight excluding hydrogens is 522 g/mol. The molecule has 0 radical (unpaired) electrons. The molecule has 0 aliphatic carbocycles. The molecule has 0 aliphatic heterocycles. The fourth-order valence-electron chi connectivity index (χ4n) is 4.76. The standard InChI is InChI=1S/C34H31N7O/c1-40(2)22-19-24-14-16-28(17-15-24)37-34-35-20-18-29(38-34)32-31(39-30-13-6-7-21-41(30)32)25-9-8-10-26(23-25)33(42)36-27-11-4-3-5-12-27/h3-18,20-21,23H,19,22H2,1-2H3,(H,36,42)(H,35,37,38). The van der Waals surface area contributed by atoms with Gasteiger partial charge in [-0.25, -0.2) is 15.0 Å². The van der Waals surface area contributed by atoms with Gasteiger partial charge in [0.15, 0.2) is 0 Å². The van der Waals surface area contributed by atoms with Crippen molar-refractivity contribution in [3.8, 4) is 22.6 Å². The Kier molecular flexibility index (Phi) is 7.70. The number of carbonyl (C=O) groups is 1. The van der Waals surface area contributed by atoms with Gasteiger partial charge in [0.25, 0.3) is 5.91 Å². The number of likely N-dealkylation sites (N-methyl/N-ethyl adjacent to an activating group) is 1. The summed E-state index contributed by atoms with van der Waals surface area (Å²) in [6.07, 6.45) is 4.70. The van der Waals surface area contributed by atoms with Gasteiger partial charge in [0.1, 0.15) is 5.65 Å². The molecule has 0 saturated carbocycles. The number of imidazole rings is 1. The number of rotatable bonds is 9. The maximum atomic E-state index is 13.1. The van der Waals surface area contributed by atoms with Crippen molar-refractivity contribution in [1.82, 2.24) is 24.3 Å². The van der Waals surface area contributed by atoms with E-state index in [9.17, 15) is 4.79 Å². The molecule has 0 aliphatic rings. The molecule has 1 amide bonds. The van der Waals surface area contributed by atoms with Gasteiger partial charge in [-0.1, -0.05) is 48.5 Å². The zero-order valence-corrected chi connectivity index (χ0v) is 23.5. The van der Waals surface area contributed by atoms with E-state index in [1.54, 1.807) is 12.3 Å². The molecule has 0 unspecified atom stereocenters. The summed E-state index contributed by atoms with van der Waals surface area (Å²) in [5.41, 5.74) is 7.32. The third-order valence-electron chi connectivity index (χ3n) is 6.92. The molecule has 0 spiro atoms. The maximum absolute atomic E-state index is 13.1. The quantitative estimate of drug-likeness (QED) is 0.211. The van der Waals surface area contributed by atoms with Gasteiger partial charge in [-0.3, -0.25) is 9.20 Å². The normalized spacial score (nSPS) is 11.1. The Labute approximate surface area is 244 Å². The van der Waals surface area contributed by atoms with Crippen LogP contribution in [0.4, 0.5) is 17.3 Å². The van der Waals surface area contributed by atoms with Crippen molar-refractivity contribution < 1.29 is 4.79 Å². The fourth-order valence-corrected chi connectivity index (χ4v) is 4.76. The van der Waals surface area contributed by atoms with Crippen LogP contribution in [0.2, 0.25) is 0 Å². The Morgan fingerprint density at radius 2 is 1.64 bits per heavy atom. The molecule has 2 N–H and O–H groups in total. The molecule has 0 atom stereocenters. The molecule has 6 rings (SSSR count). The third-order valence-corrected chi connectivity index (χ3v) is 6.92. The highest BCUT2D eigenvalue weighted by Gasteiger charge is 2.19. The van der Waals surface area contributed by atoms with Gasteiger partial charge < -0.3 is 15.5 Å². The van der Waals surface area contributed by atoms with Crippen LogP contribution in [0, 0.1) is 0 Å². The lowest BCUT2D eigenvalue weighted by Gasteiger charge is -2.11. The van der Waals surface area contributed by atoms with E-state index in [4.69, 9.17) is 9.97 Å². The zero-order chi connectivity index (χ0) is 28.9. The number of aromatic nitrogens is 4. The average molecular weight is 554 g/mol. The van der Waals surface area contributed by atoms with Crippen molar-refractivity contribution in [2.45, 2.75) is 6.42 Å². The Morgan fingerprint density at radius 1 is 0.833 bits per heavy atom. The summed E-state index contributed by atoms with van der Waals surface area (Å²) >= 11 is 0. The van der Waals surface area contributed by atoms with Crippen LogP contribution in [0.15, 0.2) is 116 Å². The van der Waals surface area contributed by atoms with Gasteiger partial charge in [-0.05, 0) is 80.7 Å². The minimum absolute atomic E-state index is 0.186. The van der Waals surface area contributed by atoms with Crippen molar-refractivity contribution in [1.29, 1.82) is 0 Å². The van der Waals surface area contributed by atoms with Crippen LogP contribution in [0.25, 0.3) is 28.3 Å². The Bertz CT molecular complexity index is 1830. The number of nitrogens with zero attached hydrogens (tertiary/aromatic N) is 5. The van der Waals surface area contributed by atoms with Gasteiger partial charge in [-0.2, -0.15) is 0 Å². The number of hydrogen-bond donors (Lipinski definition) is 2. The van der Waals surface area contributed by atoms with Gasteiger partial charge in [0.2, 0.25) is 5.95 Å². The second kappa shape index (κ2) is 12.0. The van der Waals surface area contributed by atoms with E-state index in [0.717, 1.165) is 46.9 Å². The molecule has 3 aromatic heterocycles. The highest BCUT2D eigenvalue weighted by atomic mass is 16.1. The predicted molar refractivity (Wildman–Crippen MR) is 168 cm³/mol. The molecule has 8 nitrogen and oxygen atoms in total. The summed E-state index contributed by atoms with van der Waals surface area (Å²) < 4.78 is 2.01. The van der Waals surface area contributed by atoms with E-state index >= 15 is 0 Å². The van der Waals surface area contributed by atoms with Crippen LogP contribution >= 0.6 is 0 Å². The van der Waals surface area contributed by atoms with Crippen LogP contribution in [0.5, 0.6) is 0 Å². The van der Waals surface area contributed by atoms with Crippen molar-refractivity contribution in [2.24, 2.45) is 0 Å². The number of pyridine rings is 1. The lowest BCUT2D eigenvalue weighted by molar-refractivity contribution is 0.102. The topological polar surface area (TPSA) is 87.5 Å². The zero-order valence-electron chi connectivity index (χ0n) is 23.5. The number of benzene rings is 3. The Morgan fingerprint density at radius 3 is 2.45 bits per heavy atom. The number of amides is 1. The molecule has 0 saturated heterocycles. The number of hydrogen-bond acceptors (Lipinski definition) is 6. The van der Waals surface area contributed by atoms with E-state index < -0.39 is 0 Å². The first-order chi connectivity index (χ1) is 20.5. The first-order valence-corrected chi connectivity index (χ1v) is 13.8. The first-order valence-electron chi connectivity index (χ1n) is 13.8. The lowest BCUT2D eigenvalue weighted by Crippen LogP contribution is -2.14. The number of nitrogens with one attached hydrogen (secondary N) is 2. The first kappa shape index (κ1) is 26.9. The van der Waals surface area contributed by atoms with Crippen LogP contribution < -0.4 is 10.6 Å². The second-order valence-corrected chi connectivity index (χ2v) is 10.3. The summed E-state index contributed by atoms with van der Waals surface area (Å²) in [6, 6.07) is 33.0. The summed E-state index contributed by atoms with van der Waals surface area (Å²) in [5.74, 6) is 0.302. The number of para-hydroxylation sites is 1. The van der Waals surface area contributed by atoms with E-state index in [2.05, 4.69) is 46.7 Å². The molecule has 0 bridgehead atoms. The summed E-state index contributed by atoms with van der Waals surface area (Å²) in [4.78, 5) is 29.5. The highest BCUT2D eigenvalue weighted by Crippen LogP contribution is 2.33. The second-order valence-electron chi connectivity index (χ2n) is 10.3. The van der Waals surface area contributed by atoms with Crippen molar-refractivity contribution >= 4 is 28.9 Å². The fraction of sp³-hybridized carbons (Fsp3) is 0.118. The number of carbonyl (C=O) groups excluding carboxylic acids is 1. The van der Waals surface area contributed by atoms with Crippen LogP contribution in [0.3, 0.4) is 0 Å². The summed E-state index contributed by atoms with van der Waals surface area (Å²) in [7, 11) is 4.16. The van der Waals surface area contributed by atoms with E-state index in [0.29, 0.717) is 17.2 Å². The Hall–Kier alpha value is -5.34. The minimum Gasteiger partial charge on any atom is -0.324 e. The predicted octanol–water partition coefficient (Wildman–Crippen LogP) is 6.56. The van der Waals surface area contributed by atoms with Crippen molar-refractivity contribution in [3.63, 3.8) is 0 Å². The lowest BCUT2D eigenvalue weighted by atomic mass is 10.0. The van der Waals surface area contributed by atoms with Crippen LogP contribution in [-0.4, -0.2) is 50.8 Å². The van der Waals surface area contributed by atoms with Gasteiger partial charge in [0.05, 0.1) is 17.1 Å². The van der Waals surface area contributed by atoms with Crippen molar-refractivity contribution in [3.05, 3.63) is 127 Å². The molecule has 3 heterocycles. The monoisotopic (exact) mass is 553 g/mol.